The van der Waals surface area contributed by atoms with Gasteiger partial charge in [-0.25, -0.2) is 0 Å². The molecule has 1 aromatic carbocycles. The Morgan fingerprint density at radius 2 is 1.75 bits per heavy atom. The van der Waals surface area contributed by atoms with E-state index in [-0.39, 0.29) is 5.91 Å². The summed E-state index contributed by atoms with van der Waals surface area (Å²) in [7, 11) is 1.54. The quantitative estimate of drug-likeness (QED) is 0.728. The molecule has 0 bridgehead atoms. The highest BCUT2D eigenvalue weighted by Crippen LogP contribution is 2.29. The third kappa shape index (κ3) is 4.24. The molecule has 0 heterocycles. The van der Waals surface area contributed by atoms with E-state index in [1.807, 2.05) is 0 Å². The fraction of sp³-hybridized carbons (Fsp3) is 0.471. The zero-order valence-electron chi connectivity index (χ0n) is 13.6. The van der Waals surface area contributed by atoms with Gasteiger partial charge in [0.1, 0.15) is 17.8 Å². The van der Waals surface area contributed by atoms with Crippen LogP contribution in [-0.2, 0) is 9.59 Å². The maximum atomic E-state index is 12.5. The number of aliphatic carboxylic acids is 1. The highest BCUT2D eigenvalue weighted by molar-refractivity contribution is 5.99. The van der Waals surface area contributed by atoms with Gasteiger partial charge in [-0.1, -0.05) is 19.3 Å². The van der Waals surface area contributed by atoms with Gasteiger partial charge < -0.3 is 20.5 Å². The van der Waals surface area contributed by atoms with Gasteiger partial charge in [-0.3, -0.25) is 14.4 Å². The Hall–Kier alpha value is -2.57. The number of ether oxygens (including phenoxy) is 1. The van der Waals surface area contributed by atoms with Gasteiger partial charge in [0, 0.05) is 5.56 Å². The van der Waals surface area contributed by atoms with Gasteiger partial charge in [0.05, 0.1) is 7.11 Å². The molecular formula is C17H22N2O5. The summed E-state index contributed by atoms with van der Waals surface area (Å²) in [6.45, 7) is -0.459. The van der Waals surface area contributed by atoms with Gasteiger partial charge in [-0.15, -0.1) is 0 Å². The standard InChI is InChI=1S/C17H22N2O5/c1-24-13-7-5-12(6-8-13)15(22)19-17(9-3-2-4-10-17)16(23)18-11-14(20)21/h5-8H,2-4,9-11H2,1H3,(H,18,23)(H,19,22)(H,20,21). The van der Waals surface area contributed by atoms with Crippen LogP contribution >= 0.6 is 0 Å². The molecule has 0 atom stereocenters. The summed E-state index contributed by atoms with van der Waals surface area (Å²) < 4.78 is 5.06. The van der Waals surface area contributed by atoms with E-state index >= 15 is 0 Å². The molecule has 2 rings (SSSR count). The van der Waals surface area contributed by atoms with Crippen molar-refractivity contribution >= 4 is 17.8 Å². The summed E-state index contributed by atoms with van der Waals surface area (Å²) in [4.78, 5) is 35.7. The first-order valence-corrected chi connectivity index (χ1v) is 7.93. The van der Waals surface area contributed by atoms with E-state index in [0.717, 1.165) is 19.3 Å². The zero-order chi connectivity index (χ0) is 17.6. The minimum absolute atomic E-state index is 0.356. The number of methoxy groups -OCH3 is 1. The minimum Gasteiger partial charge on any atom is -0.497 e. The van der Waals surface area contributed by atoms with Crippen LogP contribution in [0.5, 0.6) is 5.75 Å². The Balaban J connectivity index is 2.13. The molecule has 0 spiro atoms. The first-order valence-electron chi connectivity index (χ1n) is 7.93. The Bertz CT molecular complexity index is 606. The number of hydrogen-bond donors (Lipinski definition) is 3. The summed E-state index contributed by atoms with van der Waals surface area (Å²) in [5, 5.41) is 14.0. The van der Waals surface area contributed by atoms with Crippen LogP contribution in [0.4, 0.5) is 0 Å². The fourth-order valence-corrected chi connectivity index (χ4v) is 2.92. The van der Waals surface area contributed by atoms with Gasteiger partial charge in [-0.05, 0) is 37.1 Å². The van der Waals surface area contributed by atoms with Crippen molar-refractivity contribution < 1.29 is 24.2 Å². The van der Waals surface area contributed by atoms with Crippen molar-refractivity contribution in [2.75, 3.05) is 13.7 Å². The van der Waals surface area contributed by atoms with Crippen LogP contribution in [0.1, 0.15) is 42.5 Å². The van der Waals surface area contributed by atoms with Crippen LogP contribution in [0.15, 0.2) is 24.3 Å². The second-order valence-corrected chi connectivity index (χ2v) is 5.90. The van der Waals surface area contributed by atoms with Crippen molar-refractivity contribution in [3.05, 3.63) is 29.8 Å². The molecule has 3 N–H and O–H groups in total. The van der Waals surface area contributed by atoms with Gasteiger partial charge in [0.25, 0.3) is 5.91 Å². The number of hydrogen-bond acceptors (Lipinski definition) is 4. The molecule has 1 aromatic rings. The topological polar surface area (TPSA) is 105 Å². The number of rotatable bonds is 6. The lowest BCUT2D eigenvalue weighted by Crippen LogP contribution is -2.60. The Morgan fingerprint density at radius 1 is 1.12 bits per heavy atom. The highest BCUT2D eigenvalue weighted by Gasteiger charge is 2.41. The number of carboxylic acid groups (broad SMARTS) is 1. The monoisotopic (exact) mass is 334 g/mol. The Kier molecular flexibility index (Phi) is 5.78. The van der Waals surface area contributed by atoms with Crippen molar-refractivity contribution in [1.82, 2.24) is 10.6 Å². The lowest BCUT2D eigenvalue weighted by molar-refractivity contribution is -0.139. The van der Waals surface area contributed by atoms with Crippen molar-refractivity contribution in [1.29, 1.82) is 0 Å². The molecule has 0 aromatic heterocycles. The summed E-state index contributed by atoms with van der Waals surface area (Å²) in [6.07, 6.45) is 3.61. The molecule has 1 aliphatic carbocycles. The van der Waals surface area contributed by atoms with Crippen LogP contribution in [0.25, 0.3) is 0 Å². The lowest BCUT2D eigenvalue weighted by atomic mass is 9.80. The molecule has 0 radical (unpaired) electrons. The number of carbonyl (C=O) groups is 3. The van der Waals surface area contributed by atoms with E-state index in [1.54, 1.807) is 31.4 Å². The van der Waals surface area contributed by atoms with Crippen LogP contribution in [-0.4, -0.2) is 42.1 Å². The molecular weight excluding hydrogens is 312 g/mol. The molecule has 1 fully saturated rings. The predicted octanol–water partition coefficient (Wildman–Crippen LogP) is 1.33. The maximum Gasteiger partial charge on any atom is 0.322 e. The molecule has 130 valence electrons. The molecule has 24 heavy (non-hydrogen) atoms. The van der Waals surface area contributed by atoms with E-state index in [9.17, 15) is 14.4 Å². The molecule has 0 aliphatic heterocycles. The normalized spacial score (nSPS) is 16.0. The zero-order valence-corrected chi connectivity index (χ0v) is 13.6. The predicted molar refractivity (Wildman–Crippen MR) is 86.9 cm³/mol. The molecule has 0 unspecified atom stereocenters. The summed E-state index contributed by atoms with van der Waals surface area (Å²) in [5.41, 5.74) is -0.628. The van der Waals surface area contributed by atoms with Crippen LogP contribution < -0.4 is 15.4 Å². The van der Waals surface area contributed by atoms with Crippen molar-refractivity contribution in [3.63, 3.8) is 0 Å². The fourth-order valence-electron chi connectivity index (χ4n) is 2.92. The van der Waals surface area contributed by atoms with Crippen LogP contribution in [0.3, 0.4) is 0 Å². The van der Waals surface area contributed by atoms with Crippen molar-refractivity contribution in [2.45, 2.75) is 37.6 Å². The number of carboxylic acids is 1. The summed E-state index contributed by atoms with van der Waals surface area (Å²) in [6, 6.07) is 6.60. The second-order valence-electron chi connectivity index (χ2n) is 5.90. The smallest absolute Gasteiger partial charge is 0.322 e. The number of benzene rings is 1. The van der Waals surface area contributed by atoms with E-state index in [0.29, 0.717) is 24.2 Å². The average Bonchev–Trinajstić information content (AvgIpc) is 2.60. The van der Waals surface area contributed by atoms with Gasteiger partial charge >= 0.3 is 5.97 Å². The van der Waals surface area contributed by atoms with E-state index < -0.39 is 24.0 Å². The summed E-state index contributed by atoms with van der Waals surface area (Å²) in [5.74, 6) is -1.27. The molecule has 1 aliphatic rings. The first kappa shape index (κ1) is 17.8. The molecule has 7 heteroatoms. The van der Waals surface area contributed by atoms with E-state index in [1.165, 1.54) is 0 Å². The van der Waals surface area contributed by atoms with Gasteiger partial charge in [-0.2, -0.15) is 0 Å². The highest BCUT2D eigenvalue weighted by atomic mass is 16.5. The Labute approximate surface area is 140 Å². The molecule has 2 amide bonds. The average molecular weight is 334 g/mol. The second kappa shape index (κ2) is 7.81. The number of carbonyl (C=O) groups excluding carboxylic acids is 2. The number of nitrogens with one attached hydrogen (secondary N) is 2. The minimum atomic E-state index is -1.12. The van der Waals surface area contributed by atoms with E-state index in [2.05, 4.69) is 10.6 Å². The molecule has 0 saturated heterocycles. The third-order valence-corrected chi connectivity index (χ3v) is 4.25. The summed E-state index contributed by atoms with van der Waals surface area (Å²) >= 11 is 0. The maximum absolute atomic E-state index is 12.5. The SMILES string of the molecule is COc1ccc(C(=O)NC2(C(=O)NCC(=O)O)CCCCC2)cc1. The molecule has 1 saturated carbocycles. The first-order chi connectivity index (χ1) is 11.5. The third-order valence-electron chi connectivity index (χ3n) is 4.25. The van der Waals surface area contributed by atoms with E-state index in [4.69, 9.17) is 9.84 Å². The van der Waals surface area contributed by atoms with Crippen molar-refractivity contribution in [2.24, 2.45) is 0 Å². The van der Waals surface area contributed by atoms with Crippen molar-refractivity contribution in [3.8, 4) is 5.75 Å². The van der Waals surface area contributed by atoms with Crippen LogP contribution in [0.2, 0.25) is 0 Å². The largest absolute Gasteiger partial charge is 0.497 e. The van der Waals surface area contributed by atoms with Crippen LogP contribution in [0, 0.1) is 0 Å². The van der Waals surface area contributed by atoms with Gasteiger partial charge in [0.15, 0.2) is 0 Å². The lowest BCUT2D eigenvalue weighted by Gasteiger charge is -2.36. The number of amides is 2. The Morgan fingerprint density at radius 3 is 2.29 bits per heavy atom. The molecule has 7 nitrogen and oxygen atoms in total. The van der Waals surface area contributed by atoms with Gasteiger partial charge in [0.2, 0.25) is 5.91 Å².